The molecule has 0 radical (unpaired) electrons. The summed E-state index contributed by atoms with van der Waals surface area (Å²) in [7, 11) is 0. The van der Waals surface area contributed by atoms with Crippen molar-refractivity contribution in [1.82, 2.24) is 0 Å². The number of benzene rings is 4. The fraction of sp³-hybridized carbons (Fsp3) is 0.250. The molecule has 4 N–H and O–H groups in total. The van der Waals surface area contributed by atoms with E-state index in [1.807, 2.05) is 24.3 Å². The highest BCUT2D eigenvalue weighted by molar-refractivity contribution is 5.71. The summed E-state index contributed by atoms with van der Waals surface area (Å²) < 4.78 is 0. The summed E-state index contributed by atoms with van der Waals surface area (Å²) in [6.07, 6.45) is 6.28. The standard InChI is InChI=1S/C32H34N2/c1-22-20-26(10-16-30(22)24-6-12-28(33)13-7-24)32(18-4-3-5-19-32)27-11-17-31(23(2)21-27)25-8-14-29(34)15-9-25/h6-17,20-21H,3-5,18-19,33-34H2,1-2H3. The highest BCUT2D eigenvalue weighted by Crippen LogP contribution is 2.46. The lowest BCUT2D eigenvalue weighted by molar-refractivity contribution is 0.346. The van der Waals surface area contributed by atoms with Crippen LogP contribution in [-0.2, 0) is 5.41 Å². The van der Waals surface area contributed by atoms with E-state index in [4.69, 9.17) is 11.5 Å². The molecule has 0 aliphatic heterocycles. The average molecular weight is 447 g/mol. The second-order valence-corrected chi connectivity index (χ2v) is 9.95. The lowest BCUT2D eigenvalue weighted by Gasteiger charge is -2.39. The lowest BCUT2D eigenvalue weighted by Crippen LogP contribution is -2.30. The Kier molecular flexibility index (Phi) is 5.91. The number of aryl methyl sites for hydroxylation is 2. The quantitative estimate of drug-likeness (QED) is 0.312. The van der Waals surface area contributed by atoms with Crippen molar-refractivity contribution < 1.29 is 0 Å². The van der Waals surface area contributed by atoms with Crippen molar-refractivity contribution in [2.24, 2.45) is 0 Å². The molecule has 4 aromatic rings. The molecule has 0 spiro atoms. The third-order valence-corrected chi connectivity index (χ3v) is 7.71. The van der Waals surface area contributed by atoms with Gasteiger partial charge in [0.15, 0.2) is 0 Å². The maximum atomic E-state index is 5.91. The van der Waals surface area contributed by atoms with Gasteiger partial charge in [0.1, 0.15) is 0 Å². The Labute approximate surface area is 203 Å². The van der Waals surface area contributed by atoms with Crippen LogP contribution in [0.4, 0.5) is 11.4 Å². The van der Waals surface area contributed by atoms with Crippen LogP contribution in [0.25, 0.3) is 22.3 Å². The van der Waals surface area contributed by atoms with Gasteiger partial charge in [0.05, 0.1) is 0 Å². The molecule has 0 aromatic heterocycles. The summed E-state index contributed by atoms with van der Waals surface area (Å²) in [6.45, 7) is 4.47. The second kappa shape index (κ2) is 9.02. The molecule has 34 heavy (non-hydrogen) atoms. The van der Waals surface area contributed by atoms with Crippen molar-refractivity contribution >= 4 is 11.4 Å². The first-order valence-electron chi connectivity index (χ1n) is 12.4. The predicted octanol–water partition coefficient (Wildman–Crippen LogP) is 8.05. The van der Waals surface area contributed by atoms with Gasteiger partial charge in [-0.1, -0.05) is 79.9 Å². The van der Waals surface area contributed by atoms with E-state index in [2.05, 4.69) is 74.5 Å². The highest BCUT2D eigenvalue weighted by atomic mass is 14.5. The Bertz CT molecular complexity index is 1200. The van der Waals surface area contributed by atoms with E-state index in [1.165, 1.54) is 76.6 Å². The van der Waals surface area contributed by atoms with E-state index in [0.717, 1.165) is 11.4 Å². The van der Waals surface area contributed by atoms with Crippen LogP contribution < -0.4 is 11.5 Å². The molecule has 1 aliphatic carbocycles. The minimum absolute atomic E-state index is 0.0765. The van der Waals surface area contributed by atoms with Crippen molar-refractivity contribution in [2.75, 3.05) is 11.5 Å². The van der Waals surface area contributed by atoms with Crippen LogP contribution >= 0.6 is 0 Å². The maximum absolute atomic E-state index is 5.91. The number of nitrogens with two attached hydrogens (primary N) is 2. The zero-order chi connectivity index (χ0) is 23.7. The Balaban J connectivity index is 1.56. The van der Waals surface area contributed by atoms with E-state index in [9.17, 15) is 0 Å². The molecule has 0 amide bonds. The van der Waals surface area contributed by atoms with Crippen LogP contribution in [0.3, 0.4) is 0 Å². The van der Waals surface area contributed by atoms with Crippen molar-refractivity contribution in [3.05, 3.63) is 107 Å². The van der Waals surface area contributed by atoms with Gasteiger partial charge < -0.3 is 11.5 Å². The molecule has 0 bridgehead atoms. The van der Waals surface area contributed by atoms with Crippen LogP contribution in [0.15, 0.2) is 84.9 Å². The number of nitrogen functional groups attached to an aromatic ring is 2. The van der Waals surface area contributed by atoms with E-state index >= 15 is 0 Å². The molecule has 0 atom stereocenters. The normalized spacial score (nSPS) is 15.2. The average Bonchev–Trinajstić information content (AvgIpc) is 2.86. The molecule has 1 saturated carbocycles. The first-order valence-corrected chi connectivity index (χ1v) is 12.4. The molecular weight excluding hydrogens is 412 g/mol. The number of anilines is 2. The van der Waals surface area contributed by atoms with Gasteiger partial charge in [-0.05, 0) is 95.5 Å². The van der Waals surface area contributed by atoms with Crippen molar-refractivity contribution in [3.63, 3.8) is 0 Å². The first kappa shape index (κ1) is 22.3. The van der Waals surface area contributed by atoms with E-state index in [-0.39, 0.29) is 5.41 Å². The van der Waals surface area contributed by atoms with E-state index in [1.54, 1.807) is 0 Å². The van der Waals surface area contributed by atoms with E-state index in [0.29, 0.717) is 0 Å². The zero-order valence-electron chi connectivity index (χ0n) is 20.3. The van der Waals surface area contributed by atoms with Crippen molar-refractivity contribution in [1.29, 1.82) is 0 Å². The number of hydrogen-bond donors (Lipinski definition) is 2. The van der Waals surface area contributed by atoms with Crippen LogP contribution in [0.5, 0.6) is 0 Å². The van der Waals surface area contributed by atoms with E-state index < -0.39 is 0 Å². The molecule has 172 valence electrons. The molecule has 1 fully saturated rings. The summed E-state index contributed by atoms with van der Waals surface area (Å²) in [4.78, 5) is 0. The SMILES string of the molecule is Cc1cc(C2(c3ccc(-c4ccc(N)cc4)c(C)c3)CCCCC2)ccc1-c1ccc(N)cc1. The van der Waals surface area contributed by atoms with Gasteiger partial charge in [0.2, 0.25) is 0 Å². The summed E-state index contributed by atoms with van der Waals surface area (Å²) in [5.74, 6) is 0. The Morgan fingerprint density at radius 3 is 1.32 bits per heavy atom. The number of rotatable bonds is 4. The maximum Gasteiger partial charge on any atom is 0.0314 e. The highest BCUT2D eigenvalue weighted by Gasteiger charge is 2.36. The number of hydrogen-bond acceptors (Lipinski definition) is 2. The van der Waals surface area contributed by atoms with Gasteiger partial charge in [-0.3, -0.25) is 0 Å². The predicted molar refractivity (Wildman–Crippen MR) is 146 cm³/mol. The summed E-state index contributed by atoms with van der Waals surface area (Å²) in [6, 6.07) is 30.6. The Hall–Kier alpha value is -3.52. The van der Waals surface area contributed by atoms with Crippen LogP contribution in [-0.4, -0.2) is 0 Å². The Morgan fingerprint density at radius 2 is 0.941 bits per heavy atom. The third-order valence-electron chi connectivity index (χ3n) is 7.71. The minimum Gasteiger partial charge on any atom is -0.399 e. The first-order chi connectivity index (χ1) is 16.5. The molecule has 0 saturated heterocycles. The van der Waals surface area contributed by atoms with Gasteiger partial charge in [-0.15, -0.1) is 0 Å². The monoisotopic (exact) mass is 446 g/mol. The van der Waals surface area contributed by atoms with Crippen molar-refractivity contribution in [2.45, 2.75) is 51.4 Å². The summed E-state index contributed by atoms with van der Waals surface area (Å²) in [5, 5.41) is 0. The van der Waals surface area contributed by atoms with Gasteiger partial charge in [-0.2, -0.15) is 0 Å². The van der Waals surface area contributed by atoms with Crippen LogP contribution in [0.2, 0.25) is 0 Å². The molecule has 2 heteroatoms. The molecule has 2 nitrogen and oxygen atoms in total. The molecule has 1 aliphatic rings. The Morgan fingerprint density at radius 1 is 0.529 bits per heavy atom. The molecular formula is C32H34N2. The van der Waals surface area contributed by atoms with Gasteiger partial charge >= 0.3 is 0 Å². The van der Waals surface area contributed by atoms with Gasteiger partial charge in [0, 0.05) is 16.8 Å². The van der Waals surface area contributed by atoms with Gasteiger partial charge in [0.25, 0.3) is 0 Å². The fourth-order valence-corrected chi connectivity index (χ4v) is 5.80. The van der Waals surface area contributed by atoms with Crippen LogP contribution in [0, 0.1) is 13.8 Å². The summed E-state index contributed by atoms with van der Waals surface area (Å²) in [5.41, 5.74) is 24.0. The second-order valence-electron chi connectivity index (χ2n) is 9.95. The van der Waals surface area contributed by atoms with Gasteiger partial charge in [-0.25, -0.2) is 0 Å². The lowest BCUT2D eigenvalue weighted by atomic mass is 9.64. The van der Waals surface area contributed by atoms with Crippen molar-refractivity contribution in [3.8, 4) is 22.3 Å². The molecule has 5 rings (SSSR count). The molecule has 0 unspecified atom stereocenters. The molecule has 0 heterocycles. The zero-order valence-corrected chi connectivity index (χ0v) is 20.3. The minimum atomic E-state index is 0.0765. The fourth-order valence-electron chi connectivity index (χ4n) is 5.80. The third kappa shape index (κ3) is 4.09. The topological polar surface area (TPSA) is 52.0 Å². The van der Waals surface area contributed by atoms with Crippen LogP contribution in [0.1, 0.15) is 54.4 Å². The largest absolute Gasteiger partial charge is 0.399 e. The summed E-state index contributed by atoms with van der Waals surface area (Å²) >= 11 is 0. The molecule has 4 aromatic carbocycles. The smallest absolute Gasteiger partial charge is 0.0314 e.